The summed E-state index contributed by atoms with van der Waals surface area (Å²) >= 11 is 0. The molecule has 2 aliphatic rings. The topological polar surface area (TPSA) is 115 Å². The molecule has 160 valence electrons. The van der Waals surface area contributed by atoms with E-state index in [2.05, 4.69) is 6.58 Å². The van der Waals surface area contributed by atoms with Crippen molar-refractivity contribution in [3.05, 3.63) is 12.7 Å². The number of aliphatic carboxylic acids is 1. The number of hydrogen-bond acceptors (Lipinski definition) is 5. The molecule has 0 spiro atoms. The van der Waals surface area contributed by atoms with Crippen LogP contribution in [-0.2, 0) is 9.59 Å². The molecule has 0 aromatic rings. The molecule has 7 atom stereocenters. The number of rotatable bonds is 6. The minimum absolute atomic E-state index is 0.0585. The number of carboxylic acids is 1. The van der Waals surface area contributed by atoms with E-state index < -0.39 is 34.6 Å². The lowest BCUT2D eigenvalue weighted by Gasteiger charge is -2.65. The van der Waals surface area contributed by atoms with Crippen molar-refractivity contribution < 1.29 is 30.0 Å². The largest absolute Gasteiger partial charge is 0.481 e. The van der Waals surface area contributed by atoms with Gasteiger partial charge in [0.2, 0.25) is 0 Å². The number of fused-ring (bicyclic) bond motifs is 1. The van der Waals surface area contributed by atoms with Crippen molar-refractivity contribution in [1.29, 1.82) is 0 Å². The Hall–Kier alpha value is -1.24. The van der Waals surface area contributed by atoms with E-state index in [4.69, 9.17) is 0 Å². The average molecular weight is 397 g/mol. The summed E-state index contributed by atoms with van der Waals surface area (Å²) in [6.07, 6.45) is 1.11. The second-order valence-corrected chi connectivity index (χ2v) is 10.1. The van der Waals surface area contributed by atoms with E-state index in [0.717, 1.165) is 0 Å². The maximum absolute atomic E-state index is 13.4. The Balaban J connectivity index is 2.61. The van der Waals surface area contributed by atoms with Gasteiger partial charge in [0.15, 0.2) is 5.79 Å². The maximum Gasteiger partial charge on any atom is 0.303 e. The van der Waals surface area contributed by atoms with Crippen LogP contribution in [0.2, 0.25) is 0 Å². The summed E-state index contributed by atoms with van der Waals surface area (Å²) in [5.74, 6) is -5.20. The second kappa shape index (κ2) is 7.54. The molecule has 0 saturated heterocycles. The molecule has 0 radical (unpaired) electrons. The predicted octanol–water partition coefficient (Wildman–Crippen LogP) is 2.61. The number of aliphatic hydroxyl groups excluding tert-OH is 1. The molecule has 0 aliphatic heterocycles. The van der Waals surface area contributed by atoms with Gasteiger partial charge in [-0.05, 0) is 41.9 Å². The molecule has 0 amide bonds. The molecular formula is C22H36O6. The Labute approximate surface area is 167 Å². The molecule has 2 fully saturated rings. The molecule has 2 rings (SSSR count). The lowest BCUT2D eigenvalue weighted by molar-refractivity contribution is -0.360. The molecule has 2 saturated carbocycles. The standard InChI is InChI=1S/C22H36O6/c1-7-12(2)8-15(23)19-13(3)14(10-18(25)26)9-16-20(4,5)11-17(24)22(27,28)21(16,19)6/h7,12-14,16-17,19,24,27-28H,1,8-11H2,2-6H3,(H,25,26)/t12-,13+,14+,16+,17?,19-,21+/m1/s1. The van der Waals surface area contributed by atoms with E-state index in [-0.39, 0.29) is 48.7 Å². The molecule has 28 heavy (non-hydrogen) atoms. The number of aliphatic hydroxyl groups is 3. The van der Waals surface area contributed by atoms with Crippen LogP contribution in [0.25, 0.3) is 0 Å². The van der Waals surface area contributed by atoms with Crippen molar-refractivity contribution in [2.75, 3.05) is 0 Å². The SMILES string of the molecule is C=C[C@@H](C)CC(=O)[C@H]1[C@@H](C)[C@H](CC(=O)O)C[C@H]2C(C)(C)CC(O)C(O)(O)[C@]12C. The first-order chi connectivity index (χ1) is 12.7. The van der Waals surface area contributed by atoms with Gasteiger partial charge in [0.1, 0.15) is 11.9 Å². The van der Waals surface area contributed by atoms with Crippen LogP contribution in [0, 0.1) is 40.4 Å². The summed E-state index contributed by atoms with van der Waals surface area (Å²) in [4.78, 5) is 24.8. The summed E-state index contributed by atoms with van der Waals surface area (Å²) in [7, 11) is 0. The molecule has 6 heteroatoms. The van der Waals surface area contributed by atoms with Gasteiger partial charge >= 0.3 is 5.97 Å². The van der Waals surface area contributed by atoms with Gasteiger partial charge in [-0.25, -0.2) is 0 Å². The number of carbonyl (C=O) groups excluding carboxylic acids is 1. The highest BCUT2D eigenvalue weighted by molar-refractivity contribution is 5.83. The van der Waals surface area contributed by atoms with Gasteiger partial charge in [-0.3, -0.25) is 9.59 Å². The average Bonchev–Trinajstić information content (AvgIpc) is 2.54. The molecule has 0 aromatic heterocycles. The Morgan fingerprint density at radius 2 is 1.82 bits per heavy atom. The van der Waals surface area contributed by atoms with Crippen molar-refractivity contribution in [2.45, 2.75) is 72.2 Å². The molecule has 0 heterocycles. The second-order valence-electron chi connectivity index (χ2n) is 10.1. The lowest BCUT2D eigenvalue weighted by Crippen LogP contribution is -2.72. The fourth-order valence-corrected chi connectivity index (χ4v) is 6.20. The summed E-state index contributed by atoms with van der Waals surface area (Å²) in [6.45, 7) is 13.0. The van der Waals surface area contributed by atoms with E-state index in [0.29, 0.717) is 6.42 Å². The van der Waals surface area contributed by atoms with Crippen LogP contribution in [0.3, 0.4) is 0 Å². The fourth-order valence-electron chi connectivity index (χ4n) is 6.20. The first-order valence-electron chi connectivity index (χ1n) is 10.2. The highest BCUT2D eigenvalue weighted by Crippen LogP contribution is 2.65. The molecule has 0 bridgehead atoms. The number of Topliss-reactive ketones (excluding diaryl/α,β-unsaturated/α-hetero) is 1. The minimum atomic E-state index is -2.42. The van der Waals surface area contributed by atoms with Gasteiger partial charge in [0, 0.05) is 24.2 Å². The van der Waals surface area contributed by atoms with E-state index >= 15 is 0 Å². The van der Waals surface area contributed by atoms with Crippen molar-refractivity contribution in [3.8, 4) is 0 Å². The Bertz CT molecular complexity index is 639. The van der Waals surface area contributed by atoms with Gasteiger partial charge in [-0.15, -0.1) is 6.58 Å². The van der Waals surface area contributed by atoms with Crippen LogP contribution in [0.5, 0.6) is 0 Å². The van der Waals surface area contributed by atoms with E-state index in [1.54, 1.807) is 13.0 Å². The number of hydrogen-bond donors (Lipinski definition) is 4. The third-order valence-corrected chi connectivity index (χ3v) is 7.81. The third-order valence-electron chi connectivity index (χ3n) is 7.81. The number of ketones is 1. The molecule has 6 nitrogen and oxygen atoms in total. The van der Waals surface area contributed by atoms with Crippen LogP contribution >= 0.6 is 0 Å². The van der Waals surface area contributed by atoms with Gasteiger partial charge < -0.3 is 20.4 Å². The van der Waals surface area contributed by atoms with Gasteiger partial charge in [0.25, 0.3) is 0 Å². The summed E-state index contributed by atoms with van der Waals surface area (Å²) < 4.78 is 0. The predicted molar refractivity (Wildman–Crippen MR) is 105 cm³/mol. The van der Waals surface area contributed by atoms with Crippen molar-refractivity contribution >= 4 is 11.8 Å². The van der Waals surface area contributed by atoms with Crippen LogP contribution in [0.4, 0.5) is 0 Å². The van der Waals surface area contributed by atoms with Crippen molar-refractivity contribution in [1.82, 2.24) is 0 Å². The van der Waals surface area contributed by atoms with Crippen LogP contribution in [0.15, 0.2) is 12.7 Å². The monoisotopic (exact) mass is 396 g/mol. The number of carboxylic acid groups (broad SMARTS) is 1. The molecular weight excluding hydrogens is 360 g/mol. The zero-order valence-electron chi connectivity index (χ0n) is 17.7. The zero-order valence-corrected chi connectivity index (χ0v) is 17.7. The minimum Gasteiger partial charge on any atom is -0.481 e. The van der Waals surface area contributed by atoms with Gasteiger partial charge in [-0.2, -0.15) is 0 Å². The normalized spacial score (nSPS) is 40.2. The van der Waals surface area contributed by atoms with Crippen LogP contribution < -0.4 is 0 Å². The molecule has 2 aliphatic carbocycles. The van der Waals surface area contributed by atoms with E-state index in [1.165, 1.54) is 0 Å². The van der Waals surface area contributed by atoms with Crippen LogP contribution in [0.1, 0.15) is 60.3 Å². The van der Waals surface area contributed by atoms with E-state index in [9.17, 15) is 30.0 Å². The zero-order chi connectivity index (χ0) is 21.7. The van der Waals surface area contributed by atoms with Crippen molar-refractivity contribution in [2.24, 2.45) is 40.4 Å². The number of allylic oxidation sites excluding steroid dienone is 1. The van der Waals surface area contributed by atoms with Gasteiger partial charge in [-0.1, -0.05) is 40.7 Å². The summed E-state index contributed by atoms with van der Waals surface area (Å²) in [5, 5.41) is 42.1. The number of carbonyl (C=O) groups is 2. The first kappa shape index (κ1) is 23.0. The van der Waals surface area contributed by atoms with Gasteiger partial charge in [0.05, 0.1) is 0 Å². The summed E-state index contributed by atoms with van der Waals surface area (Å²) in [6, 6.07) is 0. The van der Waals surface area contributed by atoms with E-state index in [1.807, 2.05) is 27.7 Å². The molecule has 0 aromatic carbocycles. The summed E-state index contributed by atoms with van der Waals surface area (Å²) in [5.41, 5.74) is -1.75. The quantitative estimate of drug-likeness (QED) is 0.405. The van der Waals surface area contributed by atoms with Crippen LogP contribution in [-0.4, -0.2) is 44.1 Å². The Morgan fingerprint density at radius 3 is 2.32 bits per heavy atom. The highest BCUT2D eigenvalue weighted by atomic mass is 16.5. The Kier molecular flexibility index (Phi) is 6.21. The smallest absolute Gasteiger partial charge is 0.303 e. The first-order valence-corrected chi connectivity index (χ1v) is 10.2. The maximum atomic E-state index is 13.4. The van der Waals surface area contributed by atoms with Crippen molar-refractivity contribution in [3.63, 3.8) is 0 Å². The Morgan fingerprint density at radius 1 is 1.25 bits per heavy atom. The fraction of sp³-hybridized carbons (Fsp3) is 0.818. The highest BCUT2D eigenvalue weighted by Gasteiger charge is 2.70. The third kappa shape index (κ3) is 3.55. The lowest BCUT2D eigenvalue weighted by atomic mass is 9.41. The molecule has 4 N–H and O–H groups in total. The molecule has 1 unspecified atom stereocenters.